The summed E-state index contributed by atoms with van der Waals surface area (Å²) in [5.41, 5.74) is -0.348. The van der Waals surface area contributed by atoms with E-state index in [0.717, 1.165) is 12.8 Å². The molecule has 110 valence electrons. The molecule has 2 N–H and O–H groups in total. The van der Waals surface area contributed by atoms with Crippen LogP contribution in [-0.4, -0.2) is 44.0 Å². The molecule has 0 radical (unpaired) electrons. The molecule has 7 heteroatoms. The van der Waals surface area contributed by atoms with Crippen molar-refractivity contribution in [3.05, 3.63) is 0 Å². The van der Waals surface area contributed by atoms with Gasteiger partial charge in [-0.1, -0.05) is 0 Å². The van der Waals surface area contributed by atoms with Crippen LogP contribution in [0.2, 0.25) is 0 Å². The van der Waals surface area contributed by atoms with Crippen LogP contribution in [-0.2, 0) is 19.4 Å². The zero-order chi connectivity index (χ0) is 14.5. The molecule has 0 atom stereocenters. The van der Waals surface area contributed by atoms with Crippen LogP contribution in [0.1, 0.15) is 38.5 Å². The number of nitrogens with one attached hydrogen (secondary N) is 1. The summed E-state index contributed by atoms with van der Waals surface area (Å²) in [6, 6.07) is 0. The lowest BCUT2D eigenvalue weighted by atomic mass is 10.1. The summed E-state index contributed by atoms with van der Waals surface area (Å²) in [6.07, 6.45) is 4.27. The molecule has 0 unspecified atom stereocenters. The van der Waals surface area contributed by atoms with Crippen LogP contribution in [0.4, 0.5) is 0 Å². The van der Waals surface area contributed by atoms with E-state index < -0.39 is 15.8 Å². The minimum atomic E-state index is -3.05. The smallest absolute Gasteiger partial charge is 0.303 e. The molecule has 0 aromatic carbocycles. The van der Waals surface area contributed by atoms with Gasteiger partial charge in [0.15, 0.2) is 0 Å². The Morgan fingerprint density at radius 1 is 1.26 bits per heavy atom. The van der Waals surface area contributed by atoms with Crippen LogP contribution < -0.4 is 5.32 Å². The predicted octanol–water partition coefficient (Wildman–Crippen LogP) is 0.572. The fraction of sp³-hybridized carbons (Fsp3) is 0.833. The largest absolute Gasteiger partial charge is 0.481 e. The quantitative estimate of drug-likeness (QED) is 0.605. The molecular formula is C12H21NO5S. The summed E-state index contributed by atoms with van der Waals surface area (Å²) in [7, 11) is -3.05. The zero-order valence-electron chi connectivity index (χ0n) is 11.1. The highest BCUT2D eigenvalue weighted by atomic mass is 32.2. The number of carboxylic acids is 1. The van der Waals surface area contributed by atoms with Crippen LogP contribution in [0.25, 0.3) is 0 Å². The number of aliphatic carboxylic acids is 1. The van der Waals surface area contributed by atoms with Gasteiger partial charge in [0.2, 0.25) is 5.91 Å². The van der Waals surface area contributed by atoms with Crippen molar-refractivity contribution in [3.63, 3.8) is 0 Å². The van der Waals surface area contributed by atoms with Crippen LogP contribution in [0.3, 0.4) is 0 Å². The summed E-state index contributed by atoms with van der Waals surface area (Å²) in [5.74, 6) is -0.903. The molecule has 0 aromatic rings. The van der Waals surface area contributed by atoms with Crippen LogP contribution in [0, 0.1) is 5.41 Å². The normalized spacial score (nSPS) is 16.9. The Labute approximate surface area is 113 Å². The predicted molar refractivity (Wildman–Crippen MR) is 70.5 cm³/mol. The highest BCUT2D eigenvalue weighted by Gasteiger charge is 2.46. The number of carboxylic acid groups (broad SMARTS) is 1. The lowest BCUT2D eigenvalue weighted by Gasteiger charge is -2.13. The van der Waals surface area contributed by atoms with Crippen molar-refractivity contribution >= 4 is 21.7 Å². The second-order valence-corrected chi connectivity index (χ2v) is 7.59. The number of hydrogen-bond donors (Lipinski definition) is 2. The van der Waals surface area contributed by atoms with E-state index in [1.807, 2.05) is 0 Å². The van der Waals surface area contributed by atoms with E-state index in [1.165, 1.54) is 6.26 Å². The molecule has 19 heavy (non-hydrogen) atoms. The third-order valence-electron chi connectivity index (χ3n) is 3.20. The van der Waals surface area contributed by atoms with E-state index in [1.54, 1.807) is 0 Å². The molecular weight excluding hydrogens is 270 g/mol. The summed E-state index contributed by atoms with van der Waals surface area (Å²) >= 11 is 0. The Morgan fingerprint density at radius 2 is 1.89 bits per heavy atom. The van der Waals surface area contributed by atoms with Crippen molar-refractivity contribution < 1.29 is 23.1 Å². The minimum Gasteiger partial charge on any atom is -0.481 e. The standard InChI is InChI=1S/C12H21NO5S/c1-19(17,18)9-12(5-6-12)8-10(14)13-7-3-2-4-11(15)16/h2-9H2,1H3,(H,13,14)(H,15,16). The fourth-order valence-corrected chi connectivity index (χ4v) is 3.64. The summed E-state index contributed by atoms with van der Waals surface area (Å²) in [4.78, 5) is 21.9. The average Bonchev–Trinajstić information content (AvgIpc) is 2.93. The molecule has 0 spiro atoms. The summed E-state index contributed by atoms with van der Waals surface area (Å²) < 4.78 is 22.5. The van der Waals surface area contributed by atoms with Gasteiger partial charge in [-0.15, -0.1) is 0 Å². The van der Waals surface area contributed by atoms with Gasteiger partial charge >= 0.3 is 5.97 Å². The number of unbranched alkanes of at least 4 members (excludes halogenated alkanes) is 1. The van der Waals surface area contributed by atoms with Crippen LogP contribution in [0.15, 0.2) is 0 Å². The number of carbonyl (C=O) groups excluding carboxylic acids is 1. The van der Waals surface area contributed by atoms with Crippen molar-refractivity contribution in [2.45, 2.75) is 38.5 Å². The Bertz CT molecular complexity index is 439. The van der Waals surface area contributed by atoms with Gasteiger partial charge in [0, 0.05) is 25.6 Å². The third kappa shape index (κ3) is 7.15. The number of rotatable bonds is 9. The van der Waals surface area contributed by atoms with E-state index in [2.05, 4.69) is 5.32 Å². The molecule has 1 aliphatic rings. The Morgan fingerprint density at radius 3 is 2.37 bits per heavy atom. The van der Waals surface area contributed by atoms with Crippen molar-refractivity contribution in [1.82, 2.24) is 5.32 Å². The fourth-order valence-electron chi connectivity index (χ4n) is 2.14. The first-order valence-electron chi connectivity index (χ1n) is 6.39. The highest BCUT2D eigenvalue weighted by Crippen LogP contribution is 2.49. The van der Waals surface area contributed by atoms with Gasteiger partial charge in [0.05, 0.1) is 5.75 Å². The number of hydrogen-bond acceptors (Lipinski definition) is 4. The number of carbonyl (C=O) groups is 2. The molecule has 6 nitrogen and oxygen atoms in total. The van der Waals surface area contributed by atoms with Crippen molar-refractivity contribution in [2.24, 2.45) is 5.41 Å². The third-order valence-corrected chi connectivity index (χ3v) is 4.34. The first-order chi connectivity index (χ1) is 8.72. The van der Waals surface area contributed by atoms with Gasteiger partial charge in [-0.3, -0.25) is 9.59 Å². The Hall–Kier alpha value is -1.11. The molecule has 1 aliphatic carbocycles. The Kier molecular flexibility index (Phi) is 5.34. The monoisotopic (exact) mass is 291 g/mol. The molecule has 1 saturated carbocycles. The van der Waals surface area contributed by atoms with Crippen molar-refractivity contribution in [2.75, 3.05) is 18.6 Å². The van der Waals surface area contributed by atoms with E-state index in [0.29, 0.717) is 19.4 Å². The van der Waals surface area contributed by atoms with Gasteiger partial charge in [-0.05, 0) is 31.1 Å². The molecule has 0 aromatic heterocycles. The maximum Gasteiger partial charge on any atom is 0.303 e. The maximum absolute atomic E-state index is 11.7. The topological polar surface area (TPSA) is 101 Å². The second-order valence-electron chi connectivity index (χ2n) is 5.45. The van der Waals surface area contributed by atoms with E-state index in [9.17, 15) is 18.0 Å². The molecule has 0 saturated heterocycles. The molecule has 0 aliphatic heterocycles. The van der Waals surface area contributed by atoms with Gasteiger partial charge in [0.25, 0.3) is 0 Å². The highest BCUT2D eigenvalue weighted by molar-refractivity contribution is 7.90. The van der Waals surface area contributed by atoms with Crippen molar-refractivity contribution in [3.8, 4) is 0 Å². The first-order valence-corrected chi connectivity index (χ1v) is 8.45. The molecule has 1 rings (SSSR count). The van der Waals surface area contributed by atoms with E-state index in [-0.39, 0.29) is 29.9 Å². The lowest BCUT2D eigenvalue weighted by molar-refractivity contribution is -0.137. The van der Waals surface area contributed by atoms with Gasteiger partial charge in [-0.25, -0.2) is 8.42 Å². The second kappa shape index (κ2) is 6.36. The molecule has 1 fully saturated rings. The average molecular weight is 291 g/mol. The van der Waals surface area contributed by atoms with E-state index >= 15 is 0 Å². The SMILES string of the molecule is CS(=O)(=O)CC1(CC(=O)NCCCCC(=O)O)CC1. The molecule has 0 bridgehead atoms. The number of amides is 1. The van der Waals surface area contributed by atoms with Gasteiger partial charge in [-0.2, -0.15) is 0 Å². The Balaban J connectivity index is 2.19. The minimum absolute atomic E-state index is 0.0758. The first kappa shape index (κ1) is 15.9. The maximum atomic E-state index is 11.7. The molecule has 0 heterocycles. The lowest BCUT2D eigenvalue weighted by Crippen LogP contribution is -2.29. The number of sulfone groups is 1. The van der Waals surface area contributed by atoms with Gasteiger partial charge in [0.1, 0.15) is 9.84 Å². The summed E-state index contributed by atoms with van der Waals surface area (Å²) in [6.45, 7) is 0.446. The van der Waals surface area contributed by atoms with Gasteiger partial charge < -0.3 is 10.4 Å². The van der Waals surface area contributed by atoms with Crippen LogP contribution in [0.5, 0.6) is 0 Å². The van der Waals surface area contributed by atoms with Crippen molar-refractivity contribution in [1.29, 1.82) is 0 Å². The van der Waals surface area contributed by atoms with E-state index in [4.69, 9.17) is 5.11 Å². The zero-order valence-corrected chi connectivity index (χ0v) is 12.0. The molecule has 1 amide bonds. The summed E-state index contributed by atoms with van der Waals surface area (Å²) in [5, 5.41) is 11.2. The van der Waals surface area contributed by atoms with Crippen LogP contribution >= 0.6 is 0 Å².